The van der Waals surface area contributed by atoms with E-state index in [4.69, 9.17) is 0 Å². The summed E-state index contributed by atoms with van der Waals surface area (Å²) in [5.41, 5.74) is 2.87. The van der Waals surface area contributed by atoms with E-state index in [1.54, 1.807) is 6.07 Å². The topological polar surface area (TPSA) is 32.8 Å². The summed E-state index contributed by atoms with van der Waals surface area (Å²) in [7, 11) is 0. The molecule has 63 valence electrons. The first-order valence-corrected chi connectivity index (χ1v) is 4.44. The van der Waals surface area contributed by atoms with E-state index in [1.807, 2.05) is 6.92 Å². The van der Waals surface area contributed by atoms with Crippen LogP contribution in [0.25, 0.3) is 0 Å². The first-order valence-electron chi connectivity index (χ1n) is 4.44. The van der Waals surface area contributed by atoms with Crippen molar-refractivity contribution in [3.8, 4) is 5.75 Å². The number of pyridine rings is 1. The van der Waals surface area contributed by atoms with Crippen molar-refractivity contribution in [1.82, 2.24) is 4.98 Å². The van der Waals surface area contributed by atoms with Gasteiger partial charge >= 0.3 is 0 Å². The smallest absolute Gasteiger partial charge is 0.185 e. The molecule has 1 aromatic heterocycles. The van der Waals surface area contributed by atoms with Gasteiger partial charge in [-0.1, -0.05) is 0 Å². The zero-order valence-corrected chi connectivity index (χ0v) is 7.26. The number of nitrogens with zero attached hydrogens (tertiary/aromatic N) is 1. The summed E-state index contributed by atoms with van der Waals surface area (Å²) < 4.78 is 0. The molecule has 0 amide bonds. The van der Waals surface area contributed by atoms with Gasteiger partial charge in [0.2, 0.25) is 0 Å². The van der Waals surface area contributed by atoms with Gasteiger partial charge in [-0.2, -0.15) is 0 Å². The van der Waals surface area contributed by atoms with Crippen LogP contribution in [0, 0.1) is 6.92 Å². The molecule has 0 bridgehead atoms. The SMILES string of the molecule is Cc1cc([O])c2c(n1)CCCC2. The monoisotopic (exact) mass is 162 g/mol. The average Bonchev–Trinajstić information content (AvgIpc) is 2.04. The van der Waals surface area contributed by atoms with Crippen LogP contribution < -0.4 is 0 Å². The summed E-state index contributed by atoms with van der Waals surface area (Å²) in [4.78, 5) is 4.37. The van der Waals surface area contributed by atoms with Gasteiger partial charge in [0.15, 0.2) is 5.75 Å². The second-order valence-corrected chi connectivity index (χ2v) is 3.39. The molecule has 0 saturated heterocycles. The summed E-state index contributed by atoms with van der Waals surface area (Å²) in [6, 6.07) is 1.64. The van der Waals surface area contributed by atoms with Crippen molar-refractivity contribution in [3.63, 3.8) is 0 Å². The second-order valence-electron chi connectivity index (χ2n) is 3.39. The van der Waals surface area contributed by atoms with Crippen LogP contribution in [0.3, 0.4) is 0 Å². The van der Waals surface area contributed by atoms with E-state index in [2.05, 4.69) is 4.98 Å². The fraction of sp³-hybridized carbons (Fsp3) is 0.500. The minimum Gasteiger partial charge on any atom is -0.290 e. The summed E-state index contributed by atoms with van der Waals surface area (Å²) in [6.45, 7) is 1.89. The molecule has 2 nitrogen and oxygen atoms in total. The Morgan fingerprint density at radius 2 is 2.08 bits per heavy atom. The number of hydrogen-bond acceptors (Lipinski definition) is 1. The molecule has 0 N–H and O–H groups in total. The minimum absolute atomic E-state index is 0.192. The Bertz CT molecular complexity index is 307. The third-order valence-electron chi connectivity index (χ3n) is 2.39. The van der Waals surface area contributed by atoms with E-state index >= 15 is 0 Å². The minimum atomic E-state index is 0.192. The maximum absolute atomic E-state index is 11.4. The normalized spacial score (nSPS) is 15.8. The number of aryl methyl sites for hydroxylation is 2. The Balaban J connectivity index is 2.53. The Hall–Kier alpha value is -1.05. The molecule has 1 heterocycles. The lowest BCUT2D eigenvalue weighted by molar-refractivity contribution is 0.345. The molecular formula is C10H12NO. The lowest BCUT2D eigenvalue weighted by Gasteiger charge is -2.14. The molecule has 0 saturated carbocycles. The molecule has 2 rings (SSSR count). The lowest BCUT2D eigenvalue weighted by atomic mass is 9.95. The first-order chi connectivity index (χ1) is 5.77. The molecule has 1 aromatic rings. The van der Waals surface area contributed by atoms with E-state index in [0.29, 0.717) is 0 Å². The third-order valence-corrected chi connectivity index (χ3v) is 2.39. The summed E-state index contributed by atoms with van der Waals surface area (Å²) in [6.07, 6.45) is 4.25. The third kappa shape index (κ3) is 1.17. The highest BCUT2D eigenvalue weighted by molar-refractivity contribution is 5.38. The van der Waals surface area contributed by atoms with Crippen LogP contribution in [-0.2, 0) is 17.9 Å². The van der Waals surface area contributed by atoms with Crippen LogP contribution in [0.15, 0.2) is 6.07 Å². The Labute approximate surface area is 72.3 Å². The number of rotatable bonds is 0. The van der Waals surface area contributed by atoms with Gasteiger partial charge in [0.1, 0.15) is 0 Å². The quantitative estimate of drug-likeness (QED) is 0.576. The van der Waals surface area contributed by atoms with Crippen LogP contribution in [0.1, 0.15) is 29.8 Å². The van der Waals surface area contributed by atoms with Gasteiger partial charge in [0.25, 0.3) is 0 Å². The van der Waals surface area contributed by atoms with Crippen LogP contribution in [0.4, 0.5) is 0 Å². The van der Waals surface area contributed by atoms with Gasteiger partial charge in [-0.25, -0.2) is 0 Å². The Morgan fingerprint density at radius 1 is 1.33 bits per heavy atom. The fourth-order valence-electron chi connectivity index (χ4n) is 1.80. The largest absolute Gasteiger partial charge is 0.290 e. The number of fused-ring (bicyclic) bond motifs is 1. The molecule has 0 aliphatic heterocycles. The van der Waals surface area contributed by atoms with Crippen LogP contribution in [-0.4, -0.2) is 4.98 Å². The molecular weight excluding hydrogens is 150 g/mol. The van der Waals surface area contributed by atoms with E-state index in [-0.39, 0.29) is 5.75 Å². The highest BCUT2D eigenvalue weighted by atomic mass is 16.3. The molecule has 12 heavy (non-hydrogen) atoms. The zero-order valence-electron chi connectivity index (χ0n) is 7.26. The van der Waals surface area contributed by atoms with E-state index in [0.717, 1.165) is 36.2 Å². The Morgan fingerprint density at radius 3 is 2.92 bits per heavy atom. The van der Waals surface area contributed by atoms with Crippen LogP contribution >= 0.6 is 0 Å². The molecule has 0 atom stereocenters. The van der Waals surface area contributed by atoms with E-state index in [1.165, 1.54) is 6.42 Å². The predicted molar refractivity (Wildman–Crippen MR) is 45.7 cm³/mol. The molecule has 0 fully saturated rings. The molecule has 1 aliphatic rings. The molecule has 0 aromatic carbocycles. The molecule has 0 unspecified atom stereocenters. The molecule has 1 radical (unpaired) electrons. The fourth-order valence-corrected chi connectivity index (χ4v) is 1.80. The zero-order chi connectivity index (χ0) is 8.55. The van der Waals surface area contributed by atoms with Gasteiger partial charge in [-0.05, 0) is 32.6 Å². The van der Waals surface area contributed by atoms with Crippen molar-refractivity contribution >= 4 is 0 Å². The average molecular weight is 162 g/mol. The molecule has 2 heteroatoms. The Kier molecular flexibility index (Phi) is 1.75. The molecule has 1 aliphatic carbocycles. The van der Waals surface area contributed by atoms with Gasteiger partial charge in [0.05, 0.1) is 0 Å². The summed E-state index contributed by atoms with van der Waals surface area (Å²) in [5.74, 6) is 0.192. The van der Waals surface area contributed by atoms with E-state index < -0.39 is 0 Å². The van der Waals surface area contributed by atoms with Gasteiger partial charge in [-0.3, -0.25) is 10.1 Å². The van der Waals surface area contributed by atoms with Gasteiger partial charge in [-0.15, -0.1) is 0 Å². The highest BCUT2D eigenvalue weighted by Crippen LogP contribution is 2.28. The lowest BCUT2D eigenvalue weighted by Crippen LogP contribution is -2.05. The van der Waals surface area contributed by atoms with Crippen molar-refractivity contribution in [3.05, 3.63) is 23.0 Å². The van der Waals surface area contributed by atoms with Crippen LogP contribution in [0.2, 0.25) is 0 Å². The second kappa shape index (κ2) is 2.77. The summed E-state index contributed by atoms with van der Waals surface area (Å²) >= 11 is 0. The van der Waals surface area contributed by atoms with Crippen molar-refractivity contribution in [2.75, 3.05) is 0 Å². The van der Waals surface area contributed by atoms with Crippen molar-refractivity contribution in [2.24, 2.45) is 0 Å². The van der Waals surface area contributed by atoms with Gasteiger partial charge < -0.3 is 0 Å². The van der Waals surface area contributed by atoms with Crippen molar-refractivity contribution < 1.29 is 5.11 Å². The predicted octanol–water partition coefficient (Wildman–Crippen LogP) is 2.41. The standard InChI is InChI=1S/C10H12NO/c1-7-6-10(12)8-4-2-3-5-9(8)11-7/h6H,2-5H2,1H3. The number of hydrogen-bond donors (Lipinski definition) is 0. The van der Waals surface area contributed by atoms with Crippen LogP contribution in [0.5, 0.6) is 5.75 Å². The van der Waals surface area contributed by atoms with Crippen molar-refractivity contribution in [1.29, 1.82) is 0 Å². The summed E-state index contributed by atoms with van der Waals surface area (Å²) in [5, 5.41) is 11.4. The maximum Gasteiger partial charge on any atom is 0.185 e. The number of aromatic nitrogens is 1. The highest BCUT2D eigenvalue weighted by Gasteiger charge is 2.15. The van der Waals surface area contributed by atoms with Crippen molar-refractivity contribution in [2.45, 2.75) is 32.6 Å². The molecule has 0 spiro atoms. The first kappa shape index (κ1) is 7.59. The van der Waals surface area contributed by atoms with Gasteiger partial charge in [0, 0.05) is 23.0 Å². The maximum atomic E-state index is 11.4. The van der Waals surface area contributed by atoms with E-state index in [9.17, 15) is 5.11 Å².